The van der Waals surface area contributed by atoms with Crippen LogP contribution in [0.4, 0.5) is 10.1 Å². The van der Waals surface area contributed by atoms with Crippen molar-refractivity contribution in [1.29, 1.82) is 0 Å². The summed E-state index contributed by atoms with van der Waals surface area (Å²) >= 11 is 0. The van der Waals surface area contributed by atoms with Crippen molar-refractivity contribution >= 4 is 11.6 Å². The van der Waals surface area contributed by atoms with E-state index < -0.39 is 0 Å². The van der Waals surface area contributed by atoms with Crippen LogP contribution in [0.25, 0.3) is 0 Å². The minimum absolute atomic E-state index is 0.0148. The number of nitrogens with zero attached hydrogens (tertiary/aromatic N) is 3. The Morgan fingerprint density at radius 1 is 1.37 bits per heavy atom. The molecule has 3 rings (SSSR count). The lowest BCUT2D eigenvalue weighted by Crippen LogP contribution is -2.24. The van der Waals surface area contributed by atoms with Gasteiger partial charge in [0, 0.05) is 31.5 Å². The van der Waals surface area contributed by atoms with Gasteiger partial charge >= 0.3 is 0 Å². The lowest BCUT2D eigenvalue weighted by atomic mass is 10.1. The smallest absolute Gasteiger partial charge is 0.227 e. The minimum atomic E-state index is -0.319. The van der Waals surface area contributed by atoms with Gasteiger partial charge in [-0.1, -0.05) is 5.16 Å². The fraction of sp³-hybridized carbons (Fsp3) is 0.308. The second kappa shape index (κ2) is 4.46. The first-order valence-corrected chi connectivity index (χ1v) is 5.99. The van der Waals surface area contributed by atoms with Crippen LogP contribution in [0.2, 0.25) is 0 Å². The van der Waals surface area contributed by atoms with Crippen molar-refractivity contribution in [2.24, 2.45) is 0 Å². The van der Waals surface area contributed by atoms with Crippen molar-refractivity contribution in [2.45, 2.75) is 19.3 Å². The van der Waals surface area contributed by atoms with E-state index in [-0.39, 0.29) is 17.6 Å². The summed E-state index contributed by atoms with van der Waals surface area (Å²) in [5, 5.41) is 3.85. The van der Waals surface area contributed by atoms with E-state index in [2.05, 4.69) is 10.1 Å². The zero-order valence-electron chi connectivity index (χ0n) is 10.3. The molecule has 0 bridgehead atoms. The molecule has 2 heterocycles. The van der Waals surface area contributed by atoms with Crippen LogP contribution in [0, 0.1) is 12.7 Å². The summed E-state index contributed by atoms with van der Waals surface area (Å²) in [6.45, 7) is 2.20. The lowest BCUT2D eigenvalue weighted by Gasteiger charge is -2.15. The topological polar surface area (TPSA) is 59.2 Å². The Bertz CT molecular complexity index is 609. The average molecular weight is 261 g/mol. The molecule has 0 aliphatic carbocycles. The minimum Gasteiger partial charge on any atom is -0.340 e. The zero-order chi connectivity index (χ0) is 13.4. The molecular weight excluding hydrogens is 249 g/mol. The molecule has 98 valence electrons. The quantitative estimate of drug-likeness (QED) is 0.830. The Labute approximate surface area is 109 Å². The van der Waals surface area contributed by atoms with Gasteiger partial charge in [-0.25, -0.2) is 4.39 Å². The van der Waals surface area contributed by atoms with E-state index >= 15 is 0 Å². The van der Waals surface area contributed by atoms with Crippen molar-refractivity contribution < 1.29 is 13.7 Å². The molecule has 0 radical (unpaired) electrons. The van der Waals surface area contributed by atoms with Crippen LogP contribution in [-0.4, -0.2) is 22.6 Å². The molecule has 1 fully saturated rings. The summed E-state index contributed by atoms with van der Waals surface area (Å²) in [6, 6.07) is 5.87. The maximum atomic E-state index is 12.9. The van der Waals surface area contributed by atoms with Gasteiger partial charge in [0.1, 0.15) is 5.82 Å². The van der Waals surface area contributed by atoms with E-state index in [4.69, 9.17) is 4.52 Å². The number of rotatable bonds is 2. The van der Waals surface area contributed by atoms with Crippen LogP contribution in [-0.2, 0) is 4.79 Å². The van der Waals surface area contributed by atoms with Crippen LogP contribution in [0.1, 0.15) is 24.1 Å². The molecule has 1 aliphatic rings. The predicted octanol–water partition coefficient (Wildman–Crippen LogP) is 2.04. The van der Waals surface area contributed by atoms with Crippen molar-refractivity contribution in [1.82, 2.24) is 10.1 Å². The second-order valence-electron chi connectivity index (χ2n) is 4.55. The number of amides is 1. The molecule has 0 N–H and O–H groups in total. The van der Waals surface area contributed by atoms with Gasteiger partial charge in [0.15, 0.2) is 5.82 Å². The third-order valence-corrected chi connectivity index (χ3v) is 3.17. The van der Waals surface area contributed by atoms with Crippen molar-refractivity contribution in [3.8, 4) is 0 Å². The third kappa shape index (κ3) is 2.21. The predicted molar refractivity (Wildman–Crippen MR) is 65.1 cm³/mol. The summed E-state index contributed by atoms with van der Waals surface area (Å²) in [7, 11) is 0. The molecule has 1 aromatic carbocycles. The standard InChI is InChI=1S/C13H12FN3O2/c1-8-15-13(16-19-8)9-6-12(18)17(7-9)11-4-2-10(14)3-5-11/h2-5,9H,6-7H2,1H3/t9-/m1/s1. The molecule has 0 spiro atoms. The Kier molecular flexibility index (Phi) is 2.77. The van der Waals surface area contributed by atoms with Crippen LogP contribution < -0.4 is 4.90 Å². The first kappa shape index (κ1) is 11.8. The monoisotopic (exact) mass is 261 g/mol. The number of hydrogen-bond acceptors (Lipinski definition) is 4. The van der Waals surface area contributed by atoms with Gasteiger partial charge in [0.05, 0.1) is 0 Å². The van der Waals surface area contributed by atoms with Gasteiger partial charge in [-0.05, 0) is 24.3 Å². The van der Waals surface area contributed by atoms with E-state index in [0.717, 1.165) is 0 Å². The van der Waals surface area contributed by atoms with E-state index in [1.54, 1.807) is 24.0 Å². The largest absolute Gasteiger partial charge is 0.340 e. The number of benzene rings is 1. The molecule has 5 nitrogen and oxygen atoms in total. The fourth-order valence-electron chi connectivity index (χ4n) is 2.23. The number of halogens is 1. The van der Waals surface area contributed by atoms with Gasteiger partial charge < -0.3 is 9.42 Å². The van der Waals surface area contributed by atoms with Crippen LogP contribution in [0.15, 0.2) is 28.8 Å². The van der Waals surface area contributed by atoms with Gasteiger partial charge in [-0.15, -0.1) is 0 Å². The molecule has 1 aromatic heterocycles. The van der Waals surface area contributed by atoms with E-state index in [1.807, 2.05) is 0 Å². The average Bonchev–Trinajstić information content (AvgIpc) is 2.97. The molecular formula is C13H12FN3O2. The van der Waals surface area contributed by atoms with Crippen LogP contribution in [0.5, 0.6) is 0 Å². The van der Waals surface area contributed by atoms with Gasteiger partial charge in [0.2, 0.25) is 11.8 Å². The maximum absolute atomic E-state index is 12.9. The van der Waals surface area contributed by atoms with Crippen LogP contribution in [0.3, 0.4) is 0 Å². The first-order chi connectivity index (χ1) is 9.13. The molecule has 19 heavy (non-hydrogen) atoms. The number of aryl methyl sites for hydroxylation is 1. The summed E-state index contributed by atoms with van der Waals surface area (Å²) in [5.74, 6) is 0.632. The highest BCUT2D eigenvalue weighted by atomic mass is 19.1. The Morgan fingerprint density at radius 3 is 2.74 bits per heavy atom. The van der Waals surface area contributed by atoms with Crippen LogP contribution >= 0.6 is 0 Å². The molecule has 1 saturated heterocycles. The van der Waals surface area contributed by atoms with Gasteiger partial charge in [-0.3, -0.25) is 4.79 Å². The van der Waals surface area contributed by atoms with E-state index in [1.165, 1.54) is 12.1 Å². The second-order valence-corrected chi connectivity index (χ2v) is 4.55. The number of carbonyl (C=O) groups excluding carboxylic acids is 1. The molecule has 6 heteroatoms. The van der Waals surface area contributed by atoms with E-state index in [9.17, 15) is 9.18 Å². The van der Waals surface area contributed by atoms with E-state index in [0.29, 0.717) is 30.4 Å². The first-order valence-electron chi connectivity index (χ1n) is 5.99. The highest BCUT2D eigenvalue weighted by Crippen LogP contribution is 2.30. The Morgan fingerprint density at radius 2 is 2.11 bits per heavy atom. The Hall–Kier alpha value is -2.24. The molecule has 0 unspecified atom stereocenters. The highest BCUT2D eigenvalue weighted by Gasteiger charge is 2.34. The highest BCUT2D eigenvalue weighted by molar-refractivity contribution is 5.96. The Balaban J connectivity index is 1.82. The number of hydrogen-bond donors (Lipinski definition) is 0. The summed E-state index contributed by atoms with van der Waals surface area (Å²) < 4.78 is 17.8. The normalized spacial score (nSPS) is 19.2. The number of anilines is 1. The van der Waals surface area contributed by atoms with Crippen molar-refractivity contribution in [2.75, 3.05) is 11.4 Å². The number of carbonyl (C=O) groups is 1. The molecule has 1 atom stereocenters. The lowest BCUT2D eigenvalue weighted by molar-refractivity contribution is -0.117. The molecule has 1 aliphatic heterocycles. The fourth-order valence-corrected chi connectivity index (χ4v) is 2.23. The van der Waals surface area contributed by atoms with Gasteiger partial charge in [0.25, 0.3) is 0 Å². The molecule has 2 aromatic rings. The number of aromatic nitrogens is 2. The van der Waals surface area contributed by atoms with Gasteiger partial charge in [-0.2, -0.15) is 4.98 Å². The molecule has 0 saturated carbocycles. The summed E-state index contributed by atoms with van der Waals surface area (Å²) in [5.41, 5.74) is 0.689. The zero-order valence-corrected chi connectivity index (χ0v) is 10.3. The third-order valence-electron chi connectivity index (χ3n) is 3.17. The van der Waals surface area contributed by atoms with Crippen molar-refractivity contribution in [3.05, 3.63) is 41.8 Å². The summed E-state index contributed by atoms with van der Waals surface area (Å²) in [6.07, 6.45) is 0.344. The SMILES string of the molecule is Cc1nc([C@@H]2CC(=O)N(c3ccc(F)cc3)C2)no1. The summed E-state index contributed by atoms with van der Waals surface area (Å²) in [4.78, 5) is 17.8. The maximum Gasteiger partial charge on any atom is 0.227 e. The van der Waals surface area contributed by atoms with Crippen molar-refractivity contribution in [3.63, 3.8) is 0 Å². The molecule has 1 amide bonds.